The van der Waals surface area contributed by atoms with E-state index in [-0.39, 0.29) is 17.2 Å². The first-order valence-corrected chi connectivity index (χ1v) is 11.3. The molecule has 1 aliphatic carbocycles. The first-order valence-electron chi connectivity index (χ1n) is 11.3. The molecule has 1 N–H and O–H groups in total. The van der Waals surface area contributed by atoms with E-state index >= 15 is 0 Å². The average Bonchev–Trinajstić information content (AvgIpc) is 3.51. The van der Waals surface area contributed by atoms with Gasteiger partial charge in [0.15, 0.2) is 0 Å². The van der Waals surface area contributed by atoms with E-state index in [9.17, 15) is 9.59 Å². The molecule has 2 aromatic heterocycles. The fourth-order valence-corrected chi connectivity index (χ4v) is 4.92. The molecule has 2 fully saturated rings. The van der Waals surface area contributed by atoms with Gasteiger partial charge in [-0.05, 0) is 58.3 Å². The molecular weight excluding hydrogens is 394 g/mol. The maximum absolute atomic E-state index is 13.1. The van der Waals surface area contributed by atoms with E-state index in [0.29, 0.717) is 30.5 Å². The Bertz CT molecular complexity index is 1020. The zero-order valence-electron chi connectivity index (χ0n) is 18.2. The first-order chi connectivity index (χ1) is 15.0. The summed E-state index contributed by atoms with van der Waals surface area (Å²) in [5.74, 6) is 1.82. The molecule has 0 bridgehead atoms. The molecule has 31 heavy (non-hydrogen) atoms. The Labute approximate surface area is 181 Å². The minimum absolute atomic E-state index is 0.0322. The van der Waals surface area contributed by atoms with Crippen molar-refractivity contribution < 1.29 is 9.59 Å². The van der Waals surface area contributed by atoms with Gasteiger partial charge in [-0.25, -0.2) is 9.97 Å². The first kappa shape index (κ1) is 20.1. The third-order valence-electron chi connectivity index (χ3n) is 7.26. The lowest BCUT2D eigenvalue weighted by atomic mass is 9.72. The van der Waals surface area contributed by atoms with Crippen molar-refractivity contribution in [1.82, 2.24) is 34.9 Å². The summed E-state index contributed by atoms with van der Waals surface area (Å²) in [7, 11) is 0. The van der Waals surface area contributed by atoms with Crippen molar-refractivity contribution in [3.8, 4) is 0 Å². The van der Waals surface area contributed by atoms with Crippen LogP contribution in [-0.4, -0.2) is 61.1 Å². The fraction of sp³-hybridized carbons (Fsp3) is 0.636. The number of likely N-dealkylation sites (tertiary alicyclic amines) is 1. The Morgan fingerprint density at radius 2 is 1.87 bits per heavy atom. The van der Waals surface area contributed by atoms with Crippen LogP contribution in [0.2, 0.25) is 0 Å². The van der Waals surface area contributed by atoms with E-state index in [1.165, 1.54) is 19.2 Å². The molecule has 1 saturated heterocycles. The van der Waals surface area contributed by atoms with Crippen LogP contribution >= 0.6 is 0 Å². The van der Waals surface area contributed by atoms with Crippen LogP contribution in [0.5, 0.6) is 0 Å². The van der Waals surface area contributed by atoms with Crippen LogP contribution in [0.1, 0.15) is 76.7 Å². The highest BCUT2D eigenvalue weighted by Crippen LogP contribution is 2.42. The van der Waals surface area contributed by atoms with Gasteiger partial charge in [0.1, 0.15) is 17.8 Å². The van der Waals surface area contributed by atoms with Crippen LogP contribution < -0.4 is 5.32 Å². The molecule has 2 aliphatic heterocycles. The smallest absolute Gasteiger partial charge is 0.289 e. The molecule has 9 heteroatoms. The Morgan fingerprint density at radius 1 is 1.10 bits per heavy atom. The number of hydrogen-bond acceptors (Lipinski definition) is 6. The lowest BCUT2D eigenvalue weighted by Crippen LogP contribution is -2.48. The van der Waals surface area contributed by atoms with Gasteiger partial charge < -0.3 is 14.8 Å². The normalized spacial score (nSPS) is 19.9. The molecule has 1 spiro atoms. The van der Waals surface area contributed by atoms with Crippen molar-refractivity contribution in [3.05, 3.63) is 34.9 Å². The van der Waals surface area contributed by atoms with Crippen LogP contribution in [0.15, 0.2) is 6.33 Å². The Balaban J connectivity index is 1.31. The number of nitrogens with one attached hydrogen (secondary N) is 1. The predicted octanol–water partition coefficient (Wildman–Crippen LogP) is 1.79. The van der Waals surface area contributed by atoms with E-state index in [0.717, 1.165) is 55.9 Å². The lowest BCUT2D eigenvalue weighted by molar-refractivity contribution is 0.0627. The van der Waals surface area contributed by atoms with Crippen molar-refractivity contribution >= 4 is 11.8 Å². The zero-order chi connectivity index (χ0) is 21.6. The van der Waals surface area contributed by atoms with Gasteiger partial charge in [-0.3, -0.25) is 9.59 Å². The Morgan fingerprint density at radius 3 is 2.61 bits per heavy atom. The predicted molar refractivity (Wildman–Crippen MR) is 113 cm³/mol. The van der Waals surface area contributed by atoms with Crippen LogP contribution in [-0.2, 0) is 12.0 Å². The molecule has 2 aromatic rings. The van der Waals surface area contributed by atoms with Gasteiger partial charge in [0.2, 0.25) is 5.82 Å². The van der Waals surface area contributed by atoms with Gasteiger partial charge in [-0.1, -0.05) is 0 Å². The second-order valence-electron chi connectivity index (χ2n) is 9.26. The van der Waals surface area contributed by atoms with Crippen LogP contribution in [0.25, 0.3) is 0 Å². The summed E-state index contributed by atoms with van der Waals surface area (Å²) in [4.78, 5) is 36.0. The molecule has 9 nitrogen and oxygen atoms in total. The second-order valence-corrected chi connectivity index (χ2v) is 9.26. The molecule has 0 radical (unpaired) electrons. The summed E-state index contributed by atoms with van der Waals surface area (Å²) in [5.41, 5.74) is 2.05. The molecule has 5 rings (SSSR count). The summed E-state index contributed by atoms with van der Waals surface area (Å²) < 4.78 is 2.02. The highest BCUT2D eigenvalue weighted by Gasteiger charge is 2.44. The number of rotatable bonds is 4. The summed E-state index contributed by atoms with van der Waals surface area (Å²) in [5, 5.41) is 11.8. The number of aromatic nitrogens is 5. The topological polar surface area (TPSA) is 106 Å². The Kier molecular flexibility index (Phi) is 4.98. The molecule has 3 aliphatic rings. The number of carbonyl (C=O) groups excluding carboxylic acids is 2. The maximum atomic E-state index is 13.1. The van der Waals surface area contributed by atoms with E-state index in [4.69, 9.17) is 0 Å². The maximum Gasteiger partial charge on any atom is 0.289 e. The monoisotopic (exact) mass is 423 g/mol. The highest BCUT2D eigenvalue weighted by molar-refractivity contribution is 5.94. The SMILES string of the molecule is Cc1ncnc(C(=O)N2CCC3(CCCn4c(C(=O)NCC5CC5)nnc43)CC2)c1C. The van der Waals surface area contributed by atoms with Crippen molar-refractivity contribution in [1.29, 1.82) is 0 Å². The third kappa shape index (κ3) is 3.59. The molecule has 0 aromatic carbocycles. The number of nitrogens with zero attached hydrogens (tertiary/aromatic N) is 6. The minimum Gasteiger partial charge on any atom is -0.349 e. The zero-order valence-corrected chi connectivity index (χ0v) is 18.2. The Hall–Kier alpha value is -2.84. The standard InChI is InChI=1S/C22H29N7O2/c1-14-15(2)24-13-25-17(14)20(31)28-10-7-22(8-11-28)6-3-9-29-18(26-27-21(22)29)19(30)23-12-16-4-5-16/h13,16H,3-12H2,1-2H3,(H,23,30). The molecule has 0 atom stereocenters. The van der Waals surface area contributed by atoms with Crippen molar-refractivity contribution in [2.75, 3.05) is 19.6 Å². The number of amides is 2. The molecule has 2 amide bonds. The summed E-state index contributed by atoms with van der Waals surface area (Å²) in [6.07, 6.45) is 7.51. The molecule has 1 saturated carbocycles. The molecular formula is C22H29N7O2. The summed E-state index contributed by atoms with van der Waals surface area (Å²) >= 11 is 0. The van der Waals surface area contributed by atoms with Gasteiger partial charge in [0.05, 0.1) is 0 Å². The van der Waals surface area contributed by atoms with Gasteiger partial charge in [0, 0.05) is 42.9 Å². The average molecular weight is 424 g/mol. The highest BCUT2D eigenvalue weighted by atomic mass is 16.2. The number of aryl methyl sites for hydroxylation is 1. The molecule has 0 unspecified atom stereocenters. The fourth-order valence-electron chi connectivity index (χ4n) is 4.92. The third-order valence-corrected chi connectivity index (χ3v) is 7.26. The van der Waals surface area contributed by atoms with E-state index in [1.807, 2.05) is 23.3 Å². The minimum atomic E-state index is -0.120. The van der Waals surface area contributed by atoms with Gasteiger partial charge in [-0.15, -0.1) is 10.2 Å². The number of piperidine rings is 1. The number of fused-ring (bicyclic) bond motifs is 2. The van der Waals surface area contributed by atoms with Crippen LogP contribution in [0.3, 0.4) is 0 Å². The molecule has 4 heterocycles. The quantitative estimate of drug-likeness (QED) is 0.804. The lowest BCUT2D eigenvalue weighted by Gasteiger charge is -2.43. The largest absolute Gasteiger partial charge is 0.349 e. The van der Waals surface area contributed by atoms with E-state index < -0.39 is 0 Å². The summed E-state index contributed by atoms with van der Waals surface area (Å²) in [6.45, 7) is 6.60. The van der Waals surface area contributed by atoms with Gasteiger partial charge in [-0.2, -0.15) is 0 Å². The summed E-state index contributed by atoms with van der Waals surface area (Å²) in [6, 6.07) is 0. The van der Waals surface area contributed by atoms with Crippen molar-refractivity contribution in [2.24, 2.45) is 5.92 Å². The molecule has 164 valence electrons. The van der Waals surface area contributed by atoms with Gasteiger partial charge in [0.25, 0.3) is 11.8 Å². The second kappa shape index (κ2) is 7.69. The van der Waals surface area contributed by atoms with E-state index in [1.54, 1.807) is 0 Å². The van der Waals surface area contributed by atoms with E-state index in [2.05, 4.69) is 25.5 Å². The van der Waals surface area contributed by atoms with Gasteiger partial charge >= 0.3 is 0 Å². The van der Waals surface area contributed by atoms with Crippen LogP contribution in [0, 0.1) is 19.8 Å². The number of carbonyl (C=O) groups is 2. The number of hydrogen-bond donors (Lipinski definition) is 1. The van der Waals surface area contributed by atoms with Crippen LogP contribution in [0.4, 0.5) is 0 Å². The van der Waals surface area contributed by atoms with Crippen molar-refractivity contribution in [2.45, 2.75) is 64.3 Å². The van der Waals surface area contributed by atoms with Crippen molar-refractivity contribution in [3.63, 3.8) is 0 Å².